The number of pyridine rings is 1. The molecule has 0 radical (unpaired) electrons. The monoisotopic (exact) mass is 402 g/mol. The fraction of sp³-hybridized carbons (Fsp3) is 0.0455. The Morgan fingerprint density at radius 3 is 2.43 bits per heavy atom. The van der Waals surface area contributed by atoms with Gasteiger partial charge in [0.25, 0.3) is 0 Å². The number of nitrogens with zero attached hydrogens (tertiary/aromatic N) is 5. The number of nitrogen functional groups attached to an aromatic ring is 1. The number of benzene rings is 2. The SMILES string of the molecule is Cn1cc(-c2cnc3c(c2)ncn3-c2cc(N)cc(-c3c(F)cccc3F)c2)cn1. The molecule has 0 saturated carbocycles. The first kappa shape index (κ1) is 18.0. The van der Waals surface area contributed by atoms with Crippen molar-refractivity contribution in [3.05, 3.63) is 79.0 Å². The van der Waals surface area contributed by atoms with Gasteiger partial charge in [-0.3, -0.25) is 9.25 Å². The van der Waals surface area contributed by atoms with Crippen molar-refractivity contribution in [1.29, 1.82) is 0 Å². The Kier molecular flexibility index (Phi) is 4.06. The fourth-order valence-corrected chi connectivity index (χ4v) is 3.51. The van der Waals surface area contributed by atoms with Gasteiger partial charge in [-0.1, -0.05) is 6.07 Å². The van der Waals surface area contributed by atoms with Crippen molar-refractivity contribution < 1.29 is 8.78 Å². The largest absolute Gasteiger partial charge is 0.399 e. The van der Waals surface area contributed by atoms with Crippen molar-refractivity contribution in [3.63, 3.8) is 0 Å². The Balaban J connectivity index is 1.63. The number of imidazole rings is 1. The summed E-state index contributed by atoms with van der Waals surface area (Å²) in [6, 6.07) is 10.6. The van der Waals surface area contributed by atoms with E-state index in [-0.39, 0.29) is 5.56 Å². The van der Waals surface area contributed by atoms with Crippen LogP contribution in [0.1, 0.15) is 0 Å². The molecule has 0 atom stereocenters. The Morgan fingerprint density at radius 1 is 0.900 bits per heavy atom. The number of halogens is 2. The third-order valence-electron chi connectivity index (χ3n) is 4.90. The van der Waals surface area contributed by atoms with Crippen molar-refractivity contribution in [1.82, 2.24) is 24.3 Å². The normalized spacial score (nSPS) is 11.3. The summed E-state index contributed by atoms with van der Waals surface area (Å²) in [5.41, 5.74) is 10.3. The average molecular weight is 402 g/mol. The van der Waals surface area contributed by atoms with Crippen LogP contribution in [0.25, 0.3) is 39.1 Å². The molecule has 0 spiro atoms. The number of aryl methyl sites for hydroxylation is 1. The van der Waals surface area contributed by atoms with Gasteiger partial charge >= 0.3 is 0 Å². The zero-order valence-corrected chi connectivity index (χ0v) is 15.9. The maximum Gasteiger partial charge on any atom is 0.164 e. The average Bonchev–Trinajstić information content (AvgIpc) is 3.33. The van der Waals surface area contributed by atoms with Crippen LogP contribution in [0, 0.1) is 11.6 Å². The molecule has 0 unspecified atom stereocenters. The van der Waals surface area contributed by atoms with Gasteiger partial charge in [0, 0.05) is 36.3 Å². The maximum absolute atomic E-state index is 14.3. The first-order valence-electron chi connectivity index (χ1n) is 9.17. The van der Waals surface area contributed by atoms with Crippen molar-refractivity contribution in [2.75, 3.05) is 5.73 Å². The van der Waals surface area contributed by atoms with Crippen molar-refractivity contribution in [3.8, 4) is 27.9 Å². The van der Waals surface area contributed by atoms with Gasteiger partial charge in [0.2, 0.25) is 0 Å². The van der Waals surface area contributed by atoms with E-state index in [1.165, 1.54) is 24.3 Å². The highest BCUT2D eigenvalue weighted by molar-refractivity contribution is 5.80. The number of anilines is 1. The lowest BCUT2D eigenvalue weighted by molar-refractivity contribution is 0.589. The lowest BCUT2D eigenvalue weighted by atomic mass is 10.0. The number of fused-ring (bicyclic) bond motifs is 1. The molecule has 0 amide bonds. The van der Waals surface area contributed by atoms with Gasteiger partial charge < -0.3 is 5.73 Å². The Bertz CT molecular complexity index is 1380. The minimum atomic E-state index is -0.652. The van der Waals surface area contributed by atoms with Gasteiger partial charge in [-0.25, -0.2) is 18.7 Å². The molecule has 2 N–H and O–H groups in total. The minimum Gasteiger partial charge on any atom is -0.399 e. The summed E-state index contributed by atoms with van der Waals surface area (Å²) < 4.78 is 32.0. The van der Waals surface area contributed by atoms with E-state index in [1.807, 2.05) is 19.3 Å². The van der Waals surface area contributed by atoms with E-state index in [9.17, 15) is 8.78 Å². The molecule has 3 heterocycles. The van der Waals surface area contributed by atoms with E-state index in [4.69, 9.17) is 5.73 Å². The second kappa shape index (κ2) is 6.77. The van der Waals surface area contributed by atoms with E-state index >= 15 is 0 Å². The maximum atomic E-state index is 14.3. The molecule has 3 aromatic heterocycles. The van der Waals surface area contributed by atoms with E-state index in [0.717, 1.165) is 11.1 Å². The predicted molar refractivity (Wildman–Crippen MR) is 111 cm³/mol. The standard InChI is InChI=1S/C22H16F2N6/c1-29-11-15(10-28-29)14-7-20-22(26-9-14)30(12-27-20)17-6-13(5-16(25)8-17)21-18(23)3-2-4-19(21)24/h2-12H,25H2,1H3. The highest BCUT2D eigenvalue weighted by Crippen LogP contribution is 2.31. The summed E-state index contributed by atoms with van der Waals surface area (Å²) in [5.74, 6) is -1.30. The number of aromatic nitrogens is 5. The van der Waals surface area contributed by atoms with Crippen LogP contribution in [0.2, 0.25) is 0 Å². The number of nitrogens with two attached hydrogens (primary N) is 1. The molecule has 0 aliphatic carbocycles. The van der Waals surface area contributed by atoms with Crippen LogP contribution in [0.15, 0.2) is 67.4 Å². The lowest BCUT2D eigenvalue weighted by Gasteiger charge is -2.11. The van der Waals surface area contributed by atoms with Crippen molar-refractivity contribution >= 4 is 16.9 Å². The highest BCUT2D eigenvalue weighted by atomic mass is 19.1. The molecule has 6 nitrogen and oxygen atoms in total. The van der Waals surface area contributed by atoms with E-state index in [0.29, 0.717) is 28.1 Å². The van der Waals surface area contributed by atoms with Gasteiger partial charge in [0.05, 0.1) is 17.4 Å². The van der Waals surface area contributed by atoms with Gasteiger partial charge in [0.1, 0.15) is 23.5 Å². The van der Waals surface area contributed by atoms with Crippen molar-refractivity contribution in [2.24, 2.45) is 7.05 Å². The molecule has 0 saturated heterocycles. The summed E-state index contributed by atoms with van der Waals surface area (Å²) in [5, 5.41) is 4.18. The van der Waals surface area contributed by atoms with Crippen molar-refractivity contribution in [2.45, 2.75) is 0 Å². The lowest BCUT2D eigenvalue weighted by Crippen LogP contribution is -1.98. The molecule has 148 valence electrons. The third-order valence-corrected chi connectivity index (χ3v) is 4.90. The first-order valence-corrected chi connectivity index (χ1v) is 9.17. The minimum absolute atomic E-state index is 0.123. The summed E-state index contributed by atoms with van der Waals surface area (Å²) in [6.07, 6.45) is 7.00. The Morgan fingerprint density at radius 2 is 1.70 bits per heavy atom. The highest BCUT2D eigenvalue weighted by Gasteiger charge is 2.15. The molecule has 0 aliphatic rings. The van der Waals surface area contributed by atoms with E-state index in [2.05, 4.69) is 15.1 Å². The van der Waals surface area contributed by atoms with E-state index in [1.54, 1.807) is 40.1 Å². The van der Waals surface area contributed by atoms with Crippen LogP contribution in [0.3, 0.4) is 0 Å². The fourth-order valence-electron chi connectivity index (χ4n) is 3.51. The Hall–Kier alpha value is -4.07. The van der Waals surface area contributed by atoms with Gasteiger partial charge in [-0.05, 0) is 42.0 Å². The number of hydrogen-bond acceptors (Lipinski definition) is 4. The molecule has 5 aromatic rings. The smallest absolute Gasteiger partial charge is 0.164 e. The summed E-state index contributed by atoms with van der Waals surface area (Å²) in [6.45, 7) is 0. The van der Waals surface area contributed by atoms with Crippen LogP contribution >= 0.6 is 0 Å². The molecule has 30 heavy (non-hydrogen) atoms. The van der Waals surface area contributed by atoms with Crippen LogP contribution in [0.4, 0.5) is 14.5 Å². The van der Waals surface area contributed by atoms with Crippen LogP contribution in [-0.2, 0) is 7.05 Å². The first-order chi connectivity index (χ1) is 14.5. The molecular formula is C22H16F2N6. The van der Waals surface area contributed by atoms with Crippen LogP contribution < -0.4 is 5.73 Å². The van der Waals surface area contributed by atoms with Gasteiger partial charge in [-0.15, -0.1) is 0 Å². The zero-order valence-electron chi connectivity index (χ0n) is 15.9. The Labute approximate surface area is 170 Å². The summed E-state index contributed by atoms with van der Waals surface area (Å²) >= 11 is 0. The number of hydrogen-bond donors (Lipinski definition) is 1. The van der Waals surface area contributed by atoms with Crippen LogP contribution in [-0.4, -0.2) is 24.3 Å². The quantitative estimate of drug-likeness (QED) is 0.456. The second-order valence-electron chi connectivity index (χ2n) is 6.99. The summed E-state index contributed by atoms with van der Waals surface area (Å²) in [7, 11) is 1.85. The van der Waals surface area contributed by atoms with E-state index < -0.39 is 11.6 Å². The van der Waals surface area contributed by atoms with Gasteiger partial charge in [0.15, 0.2) is 5.65 Å². The molecule has 8 heteroatoms. The molecule has 0 fully saturated rings. The second-order valence-corrected chi connectivity index (χ2v) is 6.99. The third kappa shape index (κ3) is 2.98. The molecule has 0 bridgehead atoms. The molecule has 5 rings (SSSR count). The molecule has 0 aliphatic heterocycles. The zero-order chi connectivity index (χ0) is 20.8. The van der Waals surface area contributed by atoms with Crippen LogP contribution in [0.5, 0.6) is 0 Å². The summed E-state index contributed by atoms with van der Waals surface area (Å²) in [4.78, 5) is 8.98. The predicted octanol–water partition coefficient (Wildman–Crippen LogP) is 4.35. The number of rotatable bonds is 3. The van der Waals surface area contributed by atoms with Gasteiger partial charge in [-0.2, -0.15) is 5.10 Å². The topological polar surface area (TPSA) is 74.5 Å². The molecule has 2 aromatic carbocycles. The molecular weight excluding hydrogens is 386 g/mol.